The number of benzene rings is 2. The van der Waals surface area contributed by atoms with Gasteiger partial charge in [0.2, 0.25) is 0 Å². The predicted octanol–water partition coefficient (Wildman–Crippen LogP) is 3.67. The van der Waals surface area contributed by atoms with E-state index in [0.29, 0.717) is 48.6 Å². The molecule has 1 aliphatic rings. The molecule has 1 fully saturated rings. The van der Waals surface area contributed by atoms with E-state index in [0.717, 1.165) is 4.90 Å². The Bertz CT molecular complexity index is 1030. The van der Waals surface area contributed by atoms with Gasteiger partial charge in [0.15, 0.2) is 6.61 Å². The molecule has 0 unspecified atom stereocenters. The summed E-state index contributed by atoms with van der Waals surface area (Å²) in [5, 5.41) is 9.29. The average Bonchev–Trinajstić information content (AvgIpc) is 2.83. The van der Waals surface area contributed by atoms with Gasteiger partial charge in [-0.25, -0.2) is 4.79 Å². The smallest absolute Gasteiger partial charge is 0.339 e. The standard InChI is InChI=1S/C24H24N2O5S/c1-2-30-23(28)17-11-13-26(14-12-17)22(27)16-31-24(29)19-8-4-6-10-21(19)32-20-9-5-3-7-18(20)15-25/h3-10,17H,2,11-14,16H2,1H3. The maximum Gasteiger partial charge on any atom is 0.339 e. The molecule has 1 aliphatic heterocycles. The third kappa shape index (κ3) is 5.89. The van der Waals surface area contributed by atoms with Gasteiger partial charge in [-0.15, -0.1) is 0 Å². The van der Waals surface area contributed by atoms with Crippen molar-refractivity contribution in [2.45, 2.75) is 29.6 Å². The number of piperidine rings is 1. The Morgan fingerprint density at radius 2 is 1.69 bits per heavy atom. The van der Waals surface area contributed by atoms with Crippen LogP contribution in [0.5, 0.6) is 0 Å². The summed E-state index contributed by atoms with van der Waals surface area (Å²) < 4.78 is 10.3. The molecule has 2 aromatic carbocycles. The number of nitriles is 1. The van der Waals surface area contributed by atoms with E-state index < -0.39 is 5.97 Å². The van der Waals surface area contributed by atoms with Gasteiger partial charge in [0, 0.05) is 22.9 Å². The molecule has 3 rings (SSSR count). The van der Waals surface area contributed by atoms with Crippen molar-refractivity contribution < 1.29 is 23.9 Å². The van der Waals surface area contributed by atoms with Gasteiger partial charge in [-0.05, 0) is 44.0 Å². The van der Waals surface area contributed by atoms with Crippen molar-refractivity contribution in [3.05, 3.63) is 59.7 Å². The molecule has 166 valence electrons. The van der Waals surface area contributed by atoms with E-state index >= 15 is 0 Å². The lowest BCUT2D eigenvalue weighted by molar-refractivity contribution is -0.151. The van der Waals surface area contributed by atoms with E-state index in [2.05, 4.69) is 6.07 Å². The van der Waals surface area contributed by atoms with Gasteiger partial charge in [-0.3, -0.25) is 9.59 Å². The summed E-state index contributed by atoms with van der Waals surface area (Å²) in [4.78, 5) is 40.0. The van der Waals surface area contributed by atoms with Crippen molar-refractivity contribution in [1.29, 1.82) is 5.26 Å². The number of nitrogens with zero attached hydrogens (tertiary/aromatic N) is 2. The number of carbonyl (C=O) groups is 3. The second-order valence-electron chi connectivity index (χ2n) is 7.19. The first-order valence-electron chi connectivity index (χ1n) is 10.4. The van der Waals surface area contributed by atoms with Crippen LogP contribution < -0.4 is 0 Å². The molecule has 2 aromatic rings. The molecule has 7 nitrogen and oxygen atoms in total. The monoisotopic (exact) mass is 452 g/mol. The van der Waals surface area contributed by atoms with Crippen LogP contribution in [0.1, 0.15) is 35.7 Å². The molecular formula is C24H24N2O5S. The van der Waals surface area contributed by atoms with Crippen molar-refractivity contribution in [3.63, 3.8) is 0 Å². The SMILES string of the molecule is CCOC(=O)C1CCN(C(=O)COC(=O)c2ccccc2Sc2ccccc2C#N)CC1. The summed E-state index contributed by atoms with van der Waals surface area (Å²) in [5.74, 6) is -1.31. The fraction of sp³-hybridized carbons (Fsp3) is 0.333. The lowest BCUT2D eigenvalue weighted by Crippen LogP contribution is -2.42. The minimum Gasteiger partial charge on any atom is -0.466 e. The Hall–Kier alpha value is -3.31. The normalized spacial score (nSPS) is 13.8. The molecule has 0 aliphatic carbocycles. The fourth-order valence-electron chi connectivity index (χ4n) is 3.41. The highest BCUT2D eigenvalue weighted by Gasteiger charge is 2.28. The highest BCUT2D eigenvalue weighted by atomic mass is 32.2. The second kappa shape index (κ2) is 11.3. The third-order valence-corrected chi connectivity index (χ3v) is 6.28. The number of rotatable bonds is 7. The molecule has 1 amide bonds. The molecule has 1 heterocycles. The maximum atomic E-state index is 12.7. The van der Waals surface area contributed by atoms with Crippen LogP contribution in [0.25, 0.3) is 0 Å². The van der Waals surface area contributed by atoms with E-state index in [1.807, 2.05) is 12.1 Å². The van der Waals surface area contributed by atoms with Crippen molar-refractivity contribution in [3.8, 4) is 6.07 Å². The predicted molar refractivity (Wildman–Crippen MR) is 118 cm³/mol. The van der Waals surface area contributed by atoms with Crippen molar-refractivity contribution in [2.75, 3.05) is 26.3 Å². The molecule has 1 saturated heterocycles. The van der Waals surface area contributed by atoms with Crippen LogP contribution in [0, 0.1) is 17.2 Å². The van der Waals surface area contributed by atoms with Crippen LogP contribution in [-0.2, 0) is 19.1 Å². The van der Waals surface area contributed by atoms with Gasteiger partial charge >= 0.3 is 11.9 Å². The number of hydrogen-bond acceptors (Lipinski definition) is 7. The first-order chi connectivity index (χ1) is 15.5. The molecule has 0 bridgehead atoms. The first-order valence-corrected chi connectivity index (χ1v) is 11.2. The van der Waals surface area contributed by atoms with Crippen LogP contribution >= 0.6 is 11.8 Å². The summed E-state index contributed by atoms with van der Waals surface area (Å²) in [7, 11) is 0. The van der Waals surface area contributed by atoms with E-state index in [-0.39, 0.29) is 24.4 Å². The number of esters is 2. The van der Waals surface area contributed by atoms with Gasteiger partial charge in [0.05, 0.1) is 23.7 Å². The Morgan fingerprint density at radius 3 is 2.38 bits per heavy atom. The molecule has 32 heavy (non-hydrogen) atoms. The fourth-order valence-corrected chi connectivity index (χ4v) is 4.43. The largest absolute Gasteiger partial charge is 0.466 e. The minimum absolute atomic E-state index is 0.193. The quantitative estimate of drug-likeness (QED) is 0.591. The Kier molecular flexibility index (Phi) is 8.28. The molecule has 0 aromatic heterocycles. The van der Waals surface area contributed by atoms with Crippen LogP contribution in [0.4, 0.5) is 0 Å². The van der Waals surface area contributed by atoms with E-state index in [1.54, 1.807) is 48.2 Å². The topological polar surface area (TPSA) is 96.7 Å². The van der Waals surface area contributed by atoms with Gasteiger partial charge in [-0.1, -0.05) is 36.0 Å². The van der Waals surface area contributed by atoms with E-state index in [9.17, 15) is 19.6 Å². The zero-order chi connectivity index (χ0) is 22.9. The number of carbonyl (C=O) groups excluding carboxylic acids is 3. The van der Waals surface area contributed by atoms with E-state index in [1.165, 1.54) is 11.8 Å². The van der Waals surface area contributed by atoms with Crippen LogP contribution in [0.3, 0.4) is 0 Å². The van der Waals surface area contributed by atoms with Crippen LogP contribution in [0.15, 0.2) is 58.3 Å². The molecule has 0 atom stereocenters. The number of ether oxygens (including phenoxy) is 2. The van der Waals surface area contributed by atoms with Gasteiger partial charge in [-0.2, -0.15) is 5.26 Å². The molecular weight excluding hydrogens is 428 g/mol. The van der Waals surface area contributed by atoms with Gasteiger partial charge < -0.3 is 14.4 Å². The molecule has 0 spiro atoms. The summed E-state index contributed by atoms with van der Waals surface area (Å²) >= 11 is 1.30. The molecule has 8 heteroatoms. The highest BCUT2D eigenvalue weighted by Crippen LogP contribution is 2.32. The summed E-state index contributed by atoms with van der Waals surface area (Å²) in [6, 6.07) is 16.2. The zero-order valence-electron chi connectivity index (χ0n) is 17.8. The van der Waals surface area contributed by atoms with Crippen LogP contribution in [-0.4, -0.2) is 49.0 Å². The maximum absolute atomic E-state index is 12.7. The molecule has 0 saturated carbocycles. The average molecular weight is 453 g/mol. The zero-order valence-corrected chi connectivity index (χ0v) is 18.6. The molecule has 0 N–H and O–H groups in total. The lowest BCUT2D eigenvalue weighted by Gasteiger charge is -2.30. The molecule has 0 radical (unpaired) electrons. The van der Waals surface area contributed by atoms with Gasteiger partial charge in [0.1, 0.15) is 6.07 Å². The Morgan fingerprint density at radius 1 is 1.03 bits per heavy atom. The van der Waals surface area contributed by atoms with Crippen molar-refractivity contribution >= 4 is 29.6 Å². The number of likely N-dealkylation sites (tertiary alicyclic amines) is 1. The number of amides is 1. The van der Waals surface area contributed by atoms with Crippen LogP contribution in [0.2, 0.25) is 0 Å². The van der Waals surface area contributed by atoms with Crippen molar-refractivity contribution in [2.24, 2.45) is 5.92 Å². The summed E-state index contributed by atoms with van der Waals surface area (Å²) in [5.41, 5.74) is 0.848. The van der Waals surface area contributed by atoms with Gasteiger partial charge in [0.25, 0.3) is 5.91 Å². The first kappa shape index (κ1) is 23.4. The Balaban J connectivity index is 1.57. The highest BCUT2D eigenvalue weighted by molar-refractivity contribution is 7.99. The van der Waals surface area contributed by atoms with Crippen molar-refractivity contribution in [1.82, 2.24) is 4.90 Å². The third-order valence-electron chi connectivity index (χ3n) is 5.13. The number of hydrogen-bond donors (Lipinski definition) is 0. The Labute approximate surface area is 191 Å². The minimum atomic E-state index is -0.600. The lowest BCUT2D eigenvalue weighted by atomic mass is 9.97. The second-order valence-corrected chi connectivity index (χ2v) is 8.27. The van der Waals surface area contributed by atoms with E-state index in [4.69, 9.17) is 9.47 Å². The summed E-state index contributed by atoms with van der Waals surface area (Å²) in [6.07, 6.45) is 1.08. The summed E-state index contributed by atoms with van der Waals surface area (Å²) in [6.45, 7) is 2.60.